The molecule has 0 saturated carbocycles. The SMILES string of the molecule is CN(C)c1ccccc1C(=O)N1CCC[C@H]1C(=O)Nc1ccc(C=Cc2ccc(NC(=O)[C@@H]3CCCN3C(=O)c3ccccc3N(C)C)cc2)cc1. The number of rotatable bonds is 10. The minimum Gasteiger partial charge on any atom is -0.377 e. The quantitative estimate of drug-likeness (QED) is 0.184. The van der Waals surface area contributed by atoms with Crippen molar-refractivity contribution in [1.29, 1.82) is 0 Å². The summed E-state index contributed by atoms with van der Waals surface area (Å²) in [5.74, 6) is -0.643. The molecule has 0 aromatic heterocycles. The maximum absolute atomic E-state index is 13.5. The van der Waals surface area contributed by atoms with E-state index in [1.807, 2.05) is 147 Å². The van der Waals surface area contributed by atoms with Gasteiger partial charge in [0.1, 0.15) is 12.1 Å². The lowest BCUT2D eigenvalue weighted by molar-refractivity contribution is -0.120. The van der Waals surface area contributed by atoms with Gasteiger partial charge in [0.2, 0.25) is 11.8 Å². The van der Waals surface area contributed by atoms with Gasteiger partial charge in [-0.25, -0.2) is 0 Å². The van der Waals surface area contributed by atoms with E-state index in [1.54, 1.807) is 9.80 Å². The molecule has 4 aromatic carbocycles. The molecule has 2 saturated heterocycles. The number of hydrogen-bond donors (Lipinski definition) is 2. The van der Waals surface area contributed by atoms with Gasteiger partial charge in [0.05, 0.1) is 11.1 Å². The van der Waals surface area contributed by atoms with E-state index in [4.69, 9.17) is 0 Å². The fourth-order valence-electron chi connectivity index (χ4n) is 6.96. The van der Waals surface area contributed by atoms with E-state index in [0.29, 0.717) is 48.4 Å². The number of nitrogens with one attached hydrogen (secondary N) is 2. The van der Waals surface area contributed by atoms with Gasteiger partial charge >= 0.3 is 0 Å². The Bertz CT molecular complexity index is 1810. The van der Waals surface area contributed by atoms with Gasteiger partial charge in [0.25, 0.3) is 11.8 Å². The van der Waals surface area contributed by atoms with Crippen LogP contribution in [0.15, 0.2) is 97.1 Å². The summed E-state index contributed by atoms with van der Waals surface area (Å²) < 4.78 is 0. The number of nitrogens with zero attached hydrogens (tertiary/aromatic N) is 4. The fourth-order valence-corrected chi connectivity index (χ4v) is 6.96. The zero-order chi connectivity index (χ0) is 36.8. The van der Waals surface area contributed by atoms with Gasteiger partial charge < -0.3 is 30.2 Å². The lowest BCUT2D eigenvalue weighted by Crippen LogP contribution is -2.43. The van der Waals surface area contributed by atoms with Gasteiger partial charge in [0.15, 0.2) is 0 Å². The number of carbonyl (C=O) groups excluding carboxylic acids is 4. The van der Waals surface area contributed by atoms with Crippen LogP contribution in [0.3, 0.4) is 0 Å². The van der Waals surface area contributed by atoms with Crippen LogP contribution in [0.2, 0.25) is 0 Å². The molecule has 6 rings (SSSR count). The van der Waals surface area contributed by atoms with Crippen molar-refractivity contribution >= 4 is 58.5 Å². The van der Waals surface area contributed by atoms with Crippen LogP contribution in [0.25, 0.3) is 12.2 Å². The molecule has 2 N–H and O–H groups in total. The van der Waals surface area contributed by atoms with E-state index < -0.39 is 12.1 Å². The molecule has 4 aromatic rings. The second-order valence-electron chi connectivity index (χ2n) is 13.7. The summed E-state index contributed by atoms with van der Waals surface area (Å²) in [5, 5.41) is 6.00. The zero-order valence-electron chi connectivity index (χ0n) is 30.2. The second-order valence-corrected chi connectivity index (χ2v) is 13.7. The van der Waals surface area contributed by atoms with Crippen LogP contribution >= 0.6 is 0 Å². The summed E-state index contributed by atoms with van der Waals surface area (Å²) in [6, 6.07) is 29.0. The average molecular weight is 699 g/mol. The normalized spacial score (nSPS) is 16.9. The smallest absolute Gasteiger partial charge is 0.256 e. The highest BCUT2D eigenvalue weighted by Gasteiger charge is 2.36. The first kappa shape index (κ1) is 35.9. The molecule has 2 aliphatic rings. The Hall–Kier alpha value is -5.90. The van der Waals surface area contributed by atoms with Gasteiger partial charge in [-0.1, -0.05) is 60.7 Å². The molecule has 2 fully saturated rings. The van der Waals surface area contributed by atoms with Gasteiger partial charge in [-0.05, 0) is 85.3 Å². The molecule has 0 unspecified atom stereocenters. The van der Waals surface area contributed by atoms with Crippen LogP contribution in [0.4, 0.5) is 22.7 Å². The van der Waals surface area contributed by atoms with E-state index >= 15 is 0 Å². The molecule has 0 bridgehead atoms. The minimum absolute atomic E-state index is 0.132. The zero-order valence-corrected chi connectivity index (χ0v) is 30.2. The van der Waals surface area contributed by atoms with Crippen LogP contribution in [0, 0.1) is 0 Å². The molecule has 268 valence electrons. The van der Waals surface area contributed by atoms with Crippen LogP contribution in [0.1, 0.15) is 57.5 Å². The van der Waals surface area contributed by atoms with Crippen molar-refractivity contribution in [3.63, 3.8) is 0 Å². The molecule has 10 nitrogen and oxygen atoms in total. The molecule has 52 heavy (non-hydrogen) atoms. The standard InChI is InChI=1S/C42H46N6O4/c1-45(2)35-13-7-5-11-33(35)41(51)47-27-9-15-37(47)39(49)43-31-23-19-29(20-24-31)17-18-30-21-25-32(26-22-30)44-40(50)38-16-10-28-48(38)42(52)34-12-6-8-14-36(34)46(3)4/h5-8,11-14,17-26,37-38H,9-10,15-16,27-28H2,1-4H3,(H,43,49)(H,44,50)/t37-,38-/m0/s1. The van der Waals surface area contributed by atoms with Crippen molar-refractivity contribution in [3.8, 4) is 0 Å². The molecule has 10 heteroatoms. The van der Waals surface area contributed by atoms with Crippen LogP contribution in [-0.4, -0.2) is 86.8 Å². The van der Waals surface area contributed by atoms with Crippen LogP contribution in [0.5, 0.6) is 0 Å². The van der Waals surface area contributed by atoms with E-state index in [1.165, 1.54) is 0 Å². The monoisotopic (exact) mass is 698 g/mol. The third-order valence-electron chi connectivity index (χ3n) is 9.69. The maximum atomic E-state index is 13.5. The Morgan fingerprint density at radius 3 is 1.29 bits per heavy atom. The van der Waals surface area contributed by atoms with Crippen molar-refractivity contribution in [2.24, 2.45) is 0 Å². The predicted octanol–water partition coefficient (Wildman–Crippen LogP) is 6.48. The van der Waals surface area contributed by atoms with Crippen molar-refractivity contribution in [2.75, 3.05) is 61.7 Å². The highest BCUT2D eigenvalue weighted by molar-refractivity contribution is 6.05. The molecule has 4 amide bonds. The lowest BCUT2D eigenvalue weighted by atomic mass is 10.1. The Kier molecular flexibility index (Phi) is 11.0. The highest BCUT2D eigenvalue weighted by Crippen LogP contribution is 2.28. The summed E-state index contributed by atoms with van der Waals surface area (Å²) in [5.41, 5.74) is 6.08. The number of amides is 4. The number of carbonyl (C=O) groups is 4. The second kappa shape index (κ2) is 16.0. The van der Waals surface area contributed by atoms with Crippen molar-refractivity contribution in [1.82, 2.24) is 9.80 Å². The Labute approximate surface area is 305 Å². The number of likely N-dealkylation sites (tertiary alicyclic amines) is 2. The Morgan fingerprint density at radius 2 is 0.923 bits per heavy atom. The Balaban J connectivity index is 1.02. The summed E-state index contributed by atoms with van der Waals surface area (Å²) in [7, 11) is 7.61. The largest absolute Gasteiger partial charge is 0.377 e. The molecule has 0 spiro atoms. The van der Waals surface area contributed by atoms with Gasteiger partial charge in [0, 0.05) is 64.0 Å². The number of anilines is 4. The van der Waals surface area contributed by atoms with E-state index in [2.05, 4.69) is 10.6 Å². The Morgan fingerprint density at radius 1 is 0.558 bits per heavy atom. The maximum Gasteiger partial charge on any atom is 0.256 e. The summed E-state index contributed by atoms with van der Waals surface area (Å²) >= 11 is 0. The van der Waals surface area contributed by atoms with Gasteiger partial charge in [-0.2, -0.15) is 0 Å². The number of para-hydroxylation sites is 2. The molecule has 2 aliphatic heterocycles. The molecule has 2 heterocycles. The molecule has 0 aliphatic carbocycles. The predicted molar refractivity (Wildman–Crippen MR) is 209 cm³/mol. The van der Waals surface area contributed by atoms with E-state index in [-0.39, 0.29) is 23.6 Å². The summed E-state index contributed by atoms with van der Waals surface area (Å²) in [6.45, 7) is 1.09. The van der Waals surface area contributed by atoms with Crippen LogP contribution in [-0.2, 0) is 9.59 Å². The fraction of sp³-hybridized carbons (Fsp3) is 0.286. The number of benzene rings is 4. The summed E-state index contributed by atoms with van der Waals surface area (Å²) in [4.78, 5) is 60.8. The topological polar surface area (TPSA) is 105 Å². The average Bonchev–Trinajstić information content (AvgIpc) is 3.86. The first-order valence-corrected chi connectivity index (χ1v) is 17.8. The molecule has 0 radical (unpaired) electrons. The molecular weight excluding hydrogens is 652 g/mol. The van der Waals surface area contributed by atoms with Crippen LogP contribution < -0.4 is 20.4 Å². The first-order chi connectivity index (χ1) is 25.1. The van der Waals surface area contributed by atoms with Gasteiger partial charge in [-0.3, -0.25) is 19.2 Å². The van der Waals surface area contributed by atoms with Crippen molar-refractivity contribution in [3.05, 3.63) is 119 Å². The first-order valence-electron chi connectivity index (χ1n) is 17.8. The van der Waals surface area contributed by atoms with Gasteiger partial charge in [-0.15, -0.1) is 0 Å². The summed E-state index contributed by atoms with van der Waals surface area (Å²) in [6.07, 6.45) is 6.75. The van der Waals surface area contributed by atoms with E-state index in [9.17, 15) is 19.2 Å². The lowest BCUT2D eigenvalue weighted by Gasteiger charge is -2.26. The van der Waals surface area contributed by atoms with Crippen molar-refractivity contribution in [2.45, 2.75) is 37.8 Å². The molecule has 2 atom stereocenters. The highest BCUT2D eigenvalue weighted by atomic mass is 16.2. The molecular formula is C42H46N6O4. The van der Waals surface area contributed by atoms with E-state index in [0.717, 1.165) is 35.3 Å². The minimum atomic E-state index is -0.528. The number of hydrogen-bond acceptors (Lipinski definition) is 6. The third-order valence-corrected chi connectivity index (χ3v) is 9.69. The third kappa shape index (κ3) is 8.01. The van der Waals surface area contributed by atoms with Crippen molar-refractivity contribution < 1.29 is 19.2 Å².